The molecule has 0 unspecified atom stereocenters. The van der Waals surface area contributed by atoms with Gasteiger partial charge in [-0.2, -0.15) is 0 Å². The van der Waals surface area contributed by atoms with Crippen LogP contribution in [-0.4, -0.2) is 36.7 Å². The van der Waals surface area contributed by atoms with Gasteiger partial charge < -0.3 is 9.47 Å². The minimum atomic E-state index is -1.13. The molecule has 1 saturated carbocycles. The van der Waals surface area contributed by atoms with Crippen LogP contribution in [0.5, 0.6) is 5.75 Å². The SMILES string of the molecule is COc1ccc(C(=O)OC2=CC3(C)[C@H]4C(=O)NC(=O)[C@H]4C2[C@@H]2C(=O)NC(=O)[C@@H]23)cc1. The standard InChI is InChI=1S/C21H18N2O7/c1-21-7-10(30-20(28)8-3-5-9(29-2)6-4-8)11(12-14(21)18(26)22-16(12)24)13-15(21)19(27)23-17(13)25/h3-7,11-15H,1-2H3,(H,22,24,26)(H,23,25,27)/t11?,12-,13-,14+,15+,21?/m0/s1. The summed E-state index contributed by atoms with van der Waals surface area (Å²) in [5.74, 6) is -6.13. The fourth-order valence-electron chi connectivity index (χ4n) is 5.62. The number of amides is 4. The monoisotopic (exact) mass is 410 g/mol. The molecule has 4 amide bonds. The third kappa shape index (κ3) is 2.25. The van der Waals surface area contributed by atoms with Crippen molar-refractivity contribution in [3.05, 3.63) is 41.7 Å². The van der Waals surface area contributed by atoms with Crippen molar-refractivity contribution in [2.24, 2.45) is 35.0 Å². The van der Waals surface area contributed by atoms with Crippen LogP contribution in [0.25, 0.3) is 0 Å². The maximum Gasteiger partial charge on any atom is 0.343 e. The predicted octanol–water partition coefficient (Wildman–Crippen LogP) is 0.163. The Morgan fingerprint density at radius 1 is 0.867 bits per heavy atom. The second kappa shape index (κ2) is 6.01. The molecule has 2 saturated heterocycles. The quantitative estimate of drug-likeness (QED) is 0.537. The van der Waals surface area contributed by atoms with Crippen LogP contribution in [-0.2, 0) is 23.9 Å². The fraction of sp³-hybridized carbons (Fsp3) is 0.381. The molecule has 154 valence electrons. The fourth-order valence-corrected chi connectivity index (χ4v) is 5.62. The Balaban J connectivity index is 1.56. The minimum Gasteiger partial charge on any atom is -0.497 e. The molecule has 9 heteroatoms. The lowest BCUT2D eigenvalue weighted by Crippen LogP contribution is -2.58. The molecule has 1 aromatic carbocycles. The molecular formula is C21H18N2O7. The molecule has 3 fully saturated rings. The Labute approximate surface area is 170 Å². The van der Waals surface area contributed by atoms with Gasteiger partial charge >= 0.3 is 5.97 Å². The number of ether oxygens (including phenoxy) is 2. The first-order valence-corrected chi connectivity index (χ1v) is 9.54. The average Bonchev–Trinajstić information content (AvgIpc) is 3.19. The summed E-state index contributed by atoms with van der Waals surface area (Å²) >= 11 is 0. The predicted molar refractivity (Wildman–Crippen MR) is 98.3 cm³/mol. The molecule has 5 aliphatic rings. The van der Waals surface area contributed by atoms with E-state index in [0.717, 1.165) is 0 Å². The first-order valence-electron chi connectivity index (χ1n) is 9.54. The van der Waals surface area contributed by atoms with Crippen molar-refractivity contribution in [3.63, 3.8) is 0 Å². The van der Waals surface area contributed by atoms with E-state index >= 15 is 0 Å². The van der Waals surface area contributed by atoms with Gasteiger partial charge in [-0.1, -0.05) is 6.92 Å². The highest BCUT2D eigenvalue weighted by molar-refractivity contribution is 6.11. The molecule has 2 bridgehead atoms. The summed E-state index contributed by atoms with van der Waals surface area (Å²) in [6.07, 6.45) is 1.58. The van der Waals surface area contributed by atoms with Crippen molar-refractivity contribution in [2.75, 3.05) is 7.11 Å². The summed E-state index contributed by atoms with van der Waals surface area (Å²) in [5.41, 5.74) is -0.873. The normalized spacial score (nSPS) is 35.9. The molecule has 2 N–H and O–H groups in total. The minimum absolute atomic E-state index is 0.149. The Kier molecular flexibility index (Phi) is 3.71. The van der Waals surface area contributed by atoms with Crippen molar-refractivity contribution >= 4 is 29.6 Å². The van der Waals surface area contributed by atoms with Crippen LogP contribution in [0, 0.1) is 35.0 Å². The summed E-state index contributed by atoms with van der Waals surface area (Å²) < 4.78 is 10.7. The number of nitrogens with one attached hydrogen (secondary N) is 2. The van der Waals surface area contributed by atoms with Crippen LogP contribution >= 0.6 is 0 Å². The molecular weight excluding hydrogens is 392 g/mol. The zero-order chi connectivity index (χ0) is 21.4. The molecule has 9 nitrogen and oxygen atoms in total. The Bertz CT molecular complexity index is 1020. The number of carbonyl (C=O) groups excluding carboxylic acids is 5. The average molecular weight is 410 g/mol. The Morgan fingerprint density at radius 2 is 1.40 bits per heavy atom. The molecule has 4 atom stereocenters. The largest absolute Gasteiger partial charge is 0.497 e. The van der Waals surface area contributed by atoms with E-state index in [1.54, 1.807) is 25.1 Å². The van der Waals surface area contributed by atoms with Gasteiger partial charge in [0, 0.05) is 11.3 Å². The van der Waals surface area contributed by atoms with E-state index in [1.165, 1.54) is 19.2 Å². The van der Waals surface area contributed by atoms with E-state index in [4.69, 9.17) is 9.47 Å². The van der Waals surface area contributed by atoms with E-state index < -0.39 is 64.6 Å². The van der Waals surface area contributed by atoms with Crippen LogP contribution in [0.2, 0.25) is 0 Å². The van der Waals surface area contributed by atoms with Gasteiger partial charge in [0.2, 0.25) is 23.6 Å². The van der Waals surface area contributed by atoms with E-state index in [0.29, 0.717) is 5.75 Å². The van der Waals surface area contributed by atoms with Gasteiger partial charge in [0.15, 0.2) is 0 Å². The maximum atomic E-state index is 12.7. The summed E-state index contributed by atoms with van der Waals surface area (Å²) in [6.45, 7) is 1.66. The molecule has 2 aliphatic heterocycles. The number of methoxy groups -OCH3 is 1. The topological polar surface area (TPSA) is 128 Å². The third-order valence-electron chi connectivity index (χ3n) is 6.81. The second-order valence-electron chi connectivity index (χ2n) is 8.27. The van der Waals surface area contributed by atoms with Gasteiger partial charge in [0.25, 0.3) is 0 Å². The first kappa shape index (κ1) is 18.5. The number of rotatable bonds is 3. The number of carbonyl (C=O) groups is 5. The highest BCUT2D eigenvalue weighted by Crippen LogP contribution is 2.63. The van der Waals surface area contributed by atoms with E-state index in [9.17, 15) is 24.0 Å². The number of imide groups is 2. The van der Waals surface area contributed by atoms with Crippen LogP contribution in [0.4, 0.5) is 0 Å². The highest BCUT2D eigenvalue weighted by atomic mass is 16.5. The molecule has 0 aromatic heterocycles. The van der Waals surface area contributed by atoms with Gasteiger partial charge in [0.1, 0.15) is 11.5 Å². The van der Waals surface area contributed by atoms with E-state index in [-0.39, 0.29) is 11.3 Å². The summed E-state index contributed by atoms with van der Waals surface area (Å²) in [7, 11) is 1.51. The maximum absolute atomic E-state index is 12.7. The molecule has 3 aliphatic carbocycles. The van der Waals surface area contributed by atoms with Crippen molar-refractivity contribution in [1.29, 1.82) is 0 Å². The Morgan fingerprint density at radius 3 is 1.90 bits per heavy atom. The summed E-state index contributed by atoms with van der Waals surface area (Å²) in [4.78, 5) is 62.9. The summed E-state index contributed by atoms with van der Waals surface area (Å²) in [6, 6.07) is 6.29. The van der Waals surface area contributed by atoms with Crippen molar-refractivity contribution in [3.8, 4) is 5.75 Å². The Hall–Kier alpha value is -3.49. The molecule has 30 heavy (non-hydrogen) atoms. The van der Waals surface area contributed by atoms with Crippen LogP contribution in [0.3, 0.4) is 0 Å². The van der Waals surface area contributed by atoms with E-state index in [2.05, 4.69) is 10.6 Å². The van der Waals surface area contributed by atoms with E-state index in [1.807, 2.05) is 0 Å². The van der Waals surface area contributed by atoms with Crippen LogP contribution in [0.1, 0.15) is 17.3 Å². The molecule has 0 spiro atoms. The highest BCUT2D eigenvalue weighted by Gasteiger charge is 2.72. The van der Waals surface area contributed by atoms with Crippen LogP contribution in [0.15, 0.2) is 36.1 Å². The van der Waals surface area contributed by atoms with Crippen LogP contribution < -0.4 is 15.4 Å². The van der Waals surface area contributed by atoms with Crippen molar-refractivity contribution < 1.29 is 33.4 Å². The molecule has 6 rings (SSSR count). The van der Waals surface area contributed by atoms with Gasteiger partial charge in [0.05, 0.1) is 36.3 Å². The van der Waals surface area contributed by atoms with Gasteiger partial charge in [-0.05, 0) is 30.3 Å². The van der Waals surface area contributed by atoms with Crippen molar-refractivity contribution in [1.82, 2.24) is 10.6 Å². The first-order chi connectivity index (χ1) is 14.3. The lowest BCUT2D eigenvalue weighted by molar-refractivity contribution is -0.149. The number of esters is 1. The van der Waals surface area contributed by atoms with Crippen molar-refractivity contribution in [2.45, 2.75) is 6.92 Å². The van der Waals surface area contributed by atoms with Gasteiger partial charge in [-0.25, -0.2) is 4.79 Å². The lowest BCUT2D eigenvalue weighted by atomic mass is 9.47. The number of hydrogen-bond acceptors (Lipinski definition) is 7. The number of benzene rings is 1. The van der Waals surface area contributed by atoms with Gasteiger partial charge in [-0.3, -0.25) is 29.8 Å². The lowest BCUT2D eigenvalue weighted by Gasteiger charge is -2.52. The van der Waals surface area contributed by atoms with Gasteiger partial charge in [-0.15, -0.1) is 0 Å². The second-order valence-corrected chi connectivity index (χ2v) is 8.27. The summed E-state index contributed by atoms with van der Waals surface area (Å²) in [5, 5.41) is 4.63. The molecule has 0 radical (unpaired) electrons. The molecule has 1 aromatic rings. The molecule has 2 heterocycles. The zero-order valence-electron chi connectivity index (χ0n) is 16.1. The number of hydrogen-bond donors (Lipinski definition) is 2. The zero-order valence-corrected chi connectivity index (χ0v) is 16.1. The third-order valence-corrected chi connectivity index (χ3v) is 6.81. The smallest absolute Gasteiger partial charge is 0.343 e. The number of allylic oxidation sites excluding steroid dienone is 2.